The van der Waals surface area contributed by atoms with Gasteiger partial charge in [0.2, 0.25) is 5.91 Å². The Morgan fingerprint density at radius 2 is 1.88 bits per heavy atom. The number of likely N-dealkylation sites (tertiary alicyclic amines) is 1. The fourth-order valence-corrected chi connectivity index (χ4v) is 5.04. The molecule has 5 heteroatoms. The van der Waals surface area contributed by atoms with E-state index < -0.39 is 0 Å². The highest BCUT2D eigenvalue weighted by molar-refractivity contribution is 7.16. The van der Waals surface area contributed by atoms with Crippen LogP contribution in [-0.4, -0.2) is 23.9 Å². The van der Waals surface area contributed by atoms with Gasteiger partial charge in [-0.25, -0.2) is 0 Å². The number of carbonyl (C=O) groups is 1. The van der Waals surface area contributed by atoms with E-state index in [9.17, 15) is 4.79 Å². The van der Waals surface area contributed by atoms with Crippen LogP contribution in [0.5, 0.6) is 0 Å². The molecule has 1 saturated heterocycles. The summed E-state index contributed by atoms with van der Waals surface area (Å²) in [5.74, 6) is 0.234. The fraction of sp³-hybridized carbons (Fsp3) is 0.421. The minimum Gasteiger partial charge on any atom is -0.352 e. The molecule has 0 bridgehead atoms. The van der Waals surface area contributed by atoms with Crippen molar-refractivity contribution in [1.82, 2.24) is 10.2 Å². The molecule has 1 amide bonds. The first-order valence-corrected chi connectivity index (χ1v) is 9.66. The normalized spacial score (nSPS) is 20.5. The minimum absolute atomic E-state index is 0.234. The second-order valence-corrected chi connectivity index (χ2v) is 8.69. The molecule has 3 heterocycles. The lowest BCUT2D eigenvalue weighted by molar-refractivity contribution is -0.133. The summed E-state index contributed by atoms with van der Waals surface area (Å²) in [6, 6.07) is 12.5. The van der Waals surface area contributed by atoms with E-state index >= 15 is 0 Å². The highest BCUT2D eigenvalue weighted by Gasteiger charge is 2.42. The van der Waals surface area contributed by atoms with E-state index in [1.165, 1.54) is 16.0 Å². The number of thiophene rings is 1. The van der Waals surface area contributed by atoms with E-state index in [2.05, 4.69) is 40.5 Å². The summed E-state index contributed by atoms with van der Waals surface area (Å²) in [5.41, 5.74) is 2.35. The quantitative estimate of drug-likeness (QED) is 0.882. The van der Waals surface area contributed by atoms with Crippen LogP contribution in [0.1, 0.15) is 28.8 Å². The maximum absolute atomic E-state index is 12.8. The van der Waals surface area contributed by atoms with Crippen LogP contribution in [0.2, 0.25) is 4.34 Å². The lowest BCUT2D eigenvalue weighted by atomic mass is 9.73. The number of piperidine rings is 1. The predicted octanol–water partition coefficient (Wildman–Crippen LogP) is 3.86. The number of hydrogen-bond acceptors (Lipinski definition) is 3. The number of rotatable bonds is 2. The van der Waals surface area contributed by atoms with E-state index in [0.717, 1.165) is 43.2 Å². The van der Waals surface area contributed by atoms with Gasteiger partial charge in [-0.15, -0.1) is 11.3 Å². The third-order valence-electron chi connectivity index (χ3n) is 5.39. The van der Waals surface area contributed by atoms with Gasteiger partial charge in [0.25, 0.3) is 0 Å². The molecule has 2 aliphatic rings. The van der Waals surface area contributed by atoms with Crippen LogP contribution < -0.4 is 5.32 Å². The van der Waals surface area contributed by atoms with Gasteiger partial charge >= 0.3 is 0 Å². The molecule has 0 atom stereocenters. The monoisotopic (exact) mass is 360 g/mol. The molecule has 1 aromatic carbocycles. The largest absolute Gasteiger partial charge is 0.352 e. The van der Waals surface area contributed by atoms with Crippen molar-refractivity contribution < 1.29 is 4.79 Å². The zero-order chi connectivity index (χ0) is 16.6. The summed E-state index contributed by atoms with van der Waals surface area (Å²) in [4.78, 5) is 16.5. The zero-order valence-electron chi connectivity index (χ0n) is 13.6. The van der Waals surface area contributed by atoms with Crippen molar-refractivity contribution >= 4 is 28.8 Å². The Morgan fingerprint density at radius 3 is 2.58 bits per heavy atom. The molecule has 0 aliphatic carbocycles. The van der Waals surface area contributed by atoms with Crippen LogP contribution in [0.3, 0.4) is 0 Å². The first kappa shape index (κ1) is 16.1. The number of amides is 1. The molecule has 1 fully saturated rings. The van der Waals surface area contributed by atoms with Gasteiger partial charge < -0.3 is 5.32 Å². The van der Waals surface area contributed by atoms with Crippen LogP contribution >= 0.6 is 22.9 Å². The smallest absolute Gasteiger partial charge is 0.226 e. The average Bonchev–Trinajstić information content (AvgIpc) is 2.94. The van der Waals surface area contributed by atoms with Crippen LogP contribution in [0.25, 0.3) is 0 Å². The molecule has 1 N–H and O–H groups in total. The Kier molecular flexibility index (Phi) is 4.37. The highest BCUT2D eigenvalue weighted by Crippen LogP contribution is 2.38. The molecule has 0 unspecified atom stereocenters. The van der Waals surface area contributed by atoms with Gasteiger partial charge in [-0.2, -0.15) is 0 Å². The van der Waals surface area contributed by atoms with Crippen LogP contribution in [0, 0.1) is 5.41 Å². The van der Waals surface area contributed by atoms with Crippen LogP contribution in [0.15, 0.2) is 36.4 Å². The highest BCUT2D eigenvalue weighted by atomic mass is 35.5. The van der Waals surface area contributed by atoms with E-state index in [1.54, 1.807) is 11.3 Å². The Morgan fingerprint density at radius 1 is 1.12 bits per heavy atom. The Hall–Kier alpha value is -1.36. The van der Waals surface area contributed by atoms with E-state index in [0.29, 0.717) is 6.54 Å². The topological polar surface area (TPSA) is 32.3 Å². The summed E-state index contributed by atoms with van der Waals surface area (Å²) in [6.07, 6.45) is 2.71. The second-order valence-electron chi connectivity index (χ2n) is 6.89. The molecule has 1 spiro atoms. The number of benzene rings is 1. The molecule has 2 aliphatic heterocycles. The van der Waals surface area contributed by atoms with Gasteiger partial charge in [0.1, 0.15) is 0 Å². The lowest BCUT2D eigenvalue weighted by Gasteiger charge is -2.40. The van der Waals surface area contributed by atoms with Crippen molar-refractivity contribution in [1.29, 1.82) is 0 Å². The fourth-order valence-electron chi connectivity index (χ4n) is 3.91. The number of halogens is 1. The third-order valence-corrected chi connectivity index (χ3v) is 6.61. The van der Waals surface area contributed by atoms with Crippen LogP contribution in [0.4, 0.5) is 0 Å². The SMILES string of the molecule is O=C1NCc2ccccc2CC12CCN(Cc1ccc(Cl)s1)CC2. The van der Waals surface area contributed by atoms with Crippen molar-refractivity contribution in [3.8, 4) is 0 Å². The Bertz CT molecular complexity index is 749. The molecule has 0 saturated carbocycles. The molecule has 1 aromatic heterocycles. The second kappa shape index (κ2) is 6.51. The Balaban J connectivity index is 1.47. The van der Waals surface area contributed by atoms with E-state index in [-0.39, 0.29) is 11.3 Å². The van der Waals surface area contributed by atoms with Crippen molar-refractivity contribution in [2.24, 2.45) is 5.41 Å². The van der Waals surface area contributed by atoms with Crippen molar-refractivity contribution in [2.75, 3.05) is 13.1 Å². The first-order valence-electron chi connectivity index (χ1n) is 8.46. The van der Waals surface area contributed by atoms with Gasteiger partial charge in [0.15, 0.2) is 0 Å². The molecule has 0 radical (unpaired) electrons. The van der Waals surface area contributed by atoms with Crippen molar-refractivity contribution in [3.63, 3.8) is 0 Å². The summed E-state index contributed by atoms with van der Waals surface area (Å²) < 4.78 is 0.846. The lowest BCUT2D eigenvalue weighted by Crippen LogP contribution is -2.48. The number of carbonyl (C=O) groups excluding carboxylic acids is 1. The molecule has 126 valence electrons. The Labute approximate surface area is 151 Å². The molecule has 24 heavy (non-hydrogen) atoms. The minimum atomic E-state index is -0.240. The van der Waals surface area contributed by atoms with Crippen molar-refractivity contribution in [3.05, 3.63) is 56.7 Å². The predicted molar refractivity (Wildman–Crippen MR) is 98.3 cm³/mol. The van der Waals surface area contributed by atoms with Gasteiger partial charge in [0, 0.05) is 18.0 Å². The summed E-state index contributed by atoms with van der Waals surface area (Å²) in [7, 11) is 0. The molecular weight excluding hydrogens is 340 g/mol. The maximum atomic E-state index is 12.8. The molecule has 2 aromatic rings. The first-order chi connectivity index (χ1) is 11.6. The third kappa shape index (κ3) is 3.10. The summed E-state index contributed by atoms with van der Waals surface area (Å²) >= 11 is 7.67. The van der Waals surface area contributed by atoms with Crippen LogP contribution in [-0.2, 0) is 24.3 Å². The summed E-state index contributed by atoms with van der Waals surface area (Å²) in [6.45, 7) is 3.52. The number of nitrogens with zero attached hydrogens (tertiary/aromatic N) is 1. The summed E-state index contributed by atoms with van der Waals surface area (Å²) in [5, 5.41) is 3.16. The van der Waals surface area contributed by atoms with E-state index in [1.807, 2.05) is 6.07 Å². The van der Waals surface area contributed by atoms with Gasteiger partial charge in [0.05, 0.1) is 9.75 Å². The van der Waals surface area contributed by atoms with Gasteiger partial charge in [-0.3, -0.25) is 9.69 Å². The number of nitrogens with one attached hydrogen (secondary N) is 1. The standard InChI is InChI=1S/C19H21ClN2OS/c20-17-6-5-16(24-17)13-22-9-7-19(8-10-22)11-14-3-1-2-4-15(14)12-21-18(19)23/h1-6H,7-13H2,(H,21,23). The van der Waals surface area contributed by atoms with Crippen molar-refractivity contribution in [2.45, 2.75) is 32.4 Å². The maximum Gasteiger partial charge on any atom is 0.226 e. The number of hydrogen-bond donors (Lipinski definition) is 1. The molecule has 3 nitrogen and oxygen atoms in total. The number of fused-ring (bicyclic) bond motifs is 1. The molecule has 4 rings (SSSR count). The molecular formula is C19H21ClN2OS. The zero-order valence-corrected chi connectivity index (χ0v) is 15.1. The van der Waals surface area contributed by atoms with E-state index in [4.69, 9.17) is 11.6 Å². The van der Waals surface area contributed by atoms with Gasteiger partial charge in [-0.1, -0.05) is 35.9 Å². The van der Waals surface area contributed by atoms with Gasteiger partial charge in [-0.05, 0) is 55.6 Å². The average molecular weight is 361 g/mol.